The van der Waals surface area contributed by atoms with Crippen LogP contribution in [-0.4, -0.2) is 26.5 Å². The van der Waals surface area contributed by atoms with Crippen LogP contribution in [0.4, 0.5) is 0 Å². The Hall–Kier alpha value is -3.47. The molecule has 0 saturated heterocycles. The van der Waals surface area contributed by atoms with Crippen LogP contribution < -0.4 is 0 Å². The zero-order valence-corrected chi connectivity index (χ0v) is 14.5. The molecule has 0 aliphatic rings. The Balaban J connectivity index is 0.000000151. The monoisotopic (exact) mass is 343 g/mol. The van der Waals surface area contributed by atoms with Gasteiger partial charge in [-0.2, -0.15) is 0 Å². The molecule has 2 aromatic carbocycles. The molecule has 0 radical (unpaired) electrons. The highest BCUT2D eigenvalue weighted by molar-refractivity contribution is 5.96. The standard InChI is InChI=1S/C11H9NO.C10H8N2O/c1-8(13)11-6-9-4-2-3-5-10(9)7-12-11;1-7(13)10-6-11-8-4-2-3-5-9(8)12-10/h2-7H,1H3;2-6H,1H3. The topological polar surface area (TPSA) is 72.8 Å². The van der Waals surface area contributed by atoms with Gasteiger partial charge in [-0.05, 0) is 23.6 Å². The summed E-state index contributed by atoms with van der Waals surface area (Å²) in [7, 11) is 0. The van der Waals surface area contributed by atoms with Gasteiger partial charge < -0.3 is 0 Å². The lowest BCUT2D eigenvalue weighted by Crippen LogP contribution is -1.97. The minimum atomic E-state index is -0.0572. The first-order valence-electron chi connectivity index (χ1n) is 8.13. The van der Waals surface area contributed by atoms with Crippen molar-refractivity contribution in [3.05, 3.63) is 78.4 Å². The second-order valence-corrected chi connectivity index (χ2v) is 5.77. The smallest absolute Gasteiger partial charge is 0.179 e. The first kappa shape index (κ1) is 17.4. The molecule has 26 heavy (non-hydrogen) atoms. The molecule has 0 N–H and O–H groups in total. The highest BCUT2D eigenvalue weighted by atomic mass is 16.1. The van der Waals surface area contributed by atoms with Crippen LogP contribution >= 0.6 is 0 Å². The lowest BCUT2D eigenvalue weighted by atomic mass is 10.1. The van der Waals surface area contributed by atoms with Gasteiger partial charge >= 0.3 is 0 Å². The highest BCUT2D eigenvalue weighted by Crippen LogP contribution is 2.13. The molecule has 2 heterocycles. The van der Waals surface area contributed by atoms with E-state index in [-0.39, 0.29) is 11.6 Å². The molecule has 0 atom stereocenters. The van der Waals surface area contributed by atoms with E-state index in [9.17, 15) is 9.59 Å². The summed E-state index contributed by atoms with van der Waals surface area (Å²) >= 11 is 0. The molecule has 4 rings (SSSR count). The van der Waals surface area contributed by atoms with E-state index in [0.717, 1.165) is 21.8 Å². The van der Waals surface area contributed by atoms with Crippen molar-refractivity contribution in [2.24, 2.45) is 0 Å². The molecule has 0 amide bonds. The van der Waals surface area contributed by atoms with Crippen molar-refractivity contribution in [3.63, 3.8) is 0 Å². The number of benzene rings is 2. The average Bonchev–Trinajstić information content (AvgIpc) is 2.67. The second-order valence-electron chi connectivity index (χ2n) is 5.77. The normalized spacial score (nSPS) is 10.2. The summed E-state index contributed by atoms with van der Waals surface area (Å²) in [6, 6.07) is 17.2. The molecule has 5 heteroatoms. The van der Waals surface area contributed by atoms with Crippen molar-refractivity contribution in [2.45, 2.75) is 13.8 Å². The molecule has 0 saturated carbocycles. The number of carbonyl (C=O) groups excluding carboxylic acids is 2. The molecular formula is C21H17N3O2. The largest absolute Gasteiger partial charge is 0.293 e. The average molecular weight is 343 g/mol. The zero-order chi connectivity index (χ0) is 18.5. The highest BCUT2D eigenvalue weighted by Gasteiger charge is 2.02. The maximum atomic E-state index is 11.0. The van der Waals surface area contributed by atoms with Crippen LogP contribution in [0.25, 0.3) is 21.8 Å². The van der Waals surface area contributed by atoms with E-state index in [1.165, 1.54) is 20.0 Å². The van der Waals surface area contributed by atoms with Gasteiger partial charge in [-0.15, -0.1) is 0 Å². The number of aromatic nitrogens is 3. The lowest BCUT2D eigenvalue weighted by Gasteiger charge is -1.98. The summed E-state index contributed by atoms with van der Waals surface area (Å²) in [6.07, 6.45) is 3.23. The summed E-state index contributed by atoms with van der Waals surface area (Å²) in [5, 5.41) is 2.12. The quantitative estimate of drug-likeness (QED) is 0.508. The van der Waals surface area contributed by atoms with Gasteiger partial charge in [0.05, 0.1) is 17.2 Å². The third-order valence-electron chi connectivity index (χ3n) is 3.80. The first-order valence-corrected chi connectivity index (χ1v) is 8.13. The van der Waals surface area contributed by atoms with Gasteiger partial charge in [-0.25, -0.2) is 4.98 Å². The van der Waals surface area contributed by atoms with Crippen molar-refractivity contribution in [3.8, 4) is 0 Å². The molecule has 0 bridgehead atoms. The van der Waals surface area contributed by atoms with Crippen molar-refractivity contribution in [1.29, 1.82) is 0 Å². The number of carbonyl (C=O) groups is 2. The molecule has 5 nitrogen and oxygen atoms in total. The SMILES string of the molecule is CC(=O)c1cc2ccccc2cn1.CC(=O)c1cnc2ccccc2n1. The van der Waals surface area contributed by atoms with Crippen LogP contribution in [0, 0.1) is 0 Å². The maximum absolute atomic E-state index is 11.0. The van der Waals surface area contributed by atoms with Crippen molar-refractivity contribution in [1.82, 2.24) is 15.0 Å². The van der Waals surface area contributed by atoms with Gasteiger partial charge in [0, 0.05) is 25.4 Å². The van der Waals surface area contributed by atoms with Crippen LogP contribution in [0.15, 0.2) is 67.0 Å². The van der Waals surface area contributed by atoms with Gasteiger partial charge in [0.15, 0.2) is 11.6 Å². The van der Waals surface area contributed by atoms with E-state index in [1.807, 2.05) is 54.6 Å². The molecule has 4 aromatic rings. The van der Waals surface area contributed by atoms with Crippen LogP contribution in [-0.2, 0) is 0 Å². The number of Topliss-reactive ketones (excluding diaryl/α,β-unsaturated/α-hetero) is 2. The predicted octanol–water partition coefficient (Wildman–Crippen LogP) is 4.27. The van der Waals surface area contributed by atoms with E-state index in [0.29, 0.717) is 11.4 Å². The van der Waals surface area contributed by atoms with Gasteiger partial charge in [0.2, 0.25) is 0 Å². The predicted molar refractivity (Wildman–Crippen MR) is 101 cm³/mol. The Bertz CT molecular complexity index is 1020. The number of para-hydroxylation sites is 2. The summed E-state index contributed by atoms with van der Waals surface area (Å²) in [6.45, 7) is 3.01. The van der Waals surface area contributed by atoms with Crippen molar-refractivity contribution < 1.29 is 9.59 Å². The Kier molecular flexibility index (Phi) is 5.08. The minimum Gasteiger partial charge on any atom is -0.293 e. The van der Waals surface area contributed by atoms with E-state index in [1.54, 1.807) is 6.20 Å². The zero-order valence-electron chi connectivity index (χ0n) is 14.5. The van der Waals surface area contributed by atoms with E-state index in [4.69, 9.17) is 0 Å². The fourth-order valence-corrected chi connectivity index (χ4v) is 2.40. The van der Waals surface area contributed by atoms with Gasteiger partial charge in [-0.1, -0.05) is 36.4 Å². The van der Waals surface area contributed by atoms with Crippen molar-refractivity contribution in [2.75, 3.05) is 0 Å². The van der Waals surface area contributed by atoms with Crippen LogP contribution in [0.5, 0.6) is 0 Å². The lowest BCUT2D eigenvalue weighted by molar-refractivity contribution is 0.100. The first-order chi connectivity index (χ1) is 12.5. The molecule has 0 fully saturated rings. The summed E-state index contributed by atoms with van der Waals surface area (Å²) in [5.74, 6) is -0.0518. The number of nitrogens with zero attached hydrogens (tertiary/aromatic N) is 3. The molecule has 0 aliphatic heterocycles. The van der Waals surface area contributed by atoms with E-state index >= 15 is 0 Å². The molecule has 0 spiro atoms. The third-order valence-corrected chi connectivity index (χ3v) is 3.80. The Labute approximate surface area is 150 Å². The molecule has 0 unspecified atom stereocenters. The van der Waals surface area contributed by atoms with E-state index < -0.39 is 0 Å². The Morgan fingerprint density at radius 2 is 1.31 bits per heavy atom. The summed E-state index contributed by atoms with van der Waals surface area (Å²) in [4.78, 5) is 34.4. The molecular weight excluding hydrogens is 326 g/mol. The van der Waals surface area contributed by atoms with Crippen LogP contribution in [0.1, 0.15) is 34.8 Å². The number of hydrogen-bond acceptors (Lipinski definition) is 5. The summed E-state index contributed by atoms with van der Waals surface area (Å²) < 4.78 is 0. The van der Waals surface area contributed by atoms with E-state index in [2.05, 4.69) is 15.0 Å². The fraction of sp³-hybridized carbons (Fsp3) is 0.0952. The number of fused-ring (bicyclic) bond motifs is 2. The second kappa shape index (κ2) is 7.61. The maximum Gasteiger partial charge on any atom is 0.179 e. The Morgan fingerprint density at radius 3 is 2.00 bits per heavy atom. The number of ketones is 2. The van der Waals surface area contributed by atoms with Gasteiger partial charge in [-0.3, -0.25) is 19.6 Å². The summed E-state index contributed by atoms with van der Waals surface area (Å²) in [5.41, 5.74) is 2.51. The van der Waals surface area contributed by atoms with Gasteiger partial charge in [0.25, 0.3) is 0 Å². The number of pyridine rings is 1. The van der Waals surface area contributed by atoms with Gasteiger partial charge in [0.1, 0.15) is 11.4 Å². The number of hydrogen-bond donors (Lipinski definition) is 0. The minimum absolute atomic E-state index is 0.00533. The third kappa shape index (κ3) is 3.95. The number of rotatable bonds is 2. The molecule has 128 valence electrons. The Morgan fingerprint density at radius 1 is 0.692 bits per heavy atom. The fourth-order valence-electron chi connectivity index (χ4n) is 2.40. The molecule has 2 aromatic heterocycles. The van der Waals surface area contributed by atoms with Crippen molar-refractivity contribution >= 4 is 33.4 Å². The molecule has 0 aliphatic carbocycles. The van der Waals surface area contributed by atoms with Crippen LogP contribution in [0.3, 0.4) is 0 Å². The van der Waals surface area contributed by atoms with Crippen LogP contribution in [0.2, 0.25) is 0 Å².